The van der Waals surface area contributed by atoms with Gasteiger partial charge in [-0.2, -0.15) is 0 Å². The van der Waals surface area contributed by atoms with Crippen LogP contribution in [0, 0.1) is 17.3 Å². The second kappa shape index (κ2) is 3.82. The molecule has 0 aromatic heterocycles. The molecule has 0 aromatic rings. The highest BCUT2D eigenvalue weighted by Crippen LogP contribution is 2.45. The third-order valence-electron chi connectivity index (χ3n) is 4.26. The summed E-state index contributed by atoms with van der Waals surface area (Å²) in [5.74, 6) is 1.65. The van der Waals surface area contributed by atoms with E-state index in [1.54, 1.807) is 0 Å². The topological polar surface area (TPSA) is 38.0 Å². The van der Waals surface area contributed by atoms with E-state index >= 15 is 0 Å². The van der Waals surface area contributed by atoms with Gasteiger partial charge in [0.15, 0.2) is 0 Å². The molecule has 2 rings (SSSR count). The lowest BCUT2D eigenvalue weighted by atomic mass is 9.96. The van der Waals surface area contributed by atoms with E-state index in [1.807, 2.05) is 0 Å². The Morgan fingerprint density at radius 2 is 1.93 bits per heavy atom. The Morgan fingerprint density at radius 3 is 2.50 bits per heavy atom. The molecule has 3 unspecified atom stereocenters. The molecule has 0 aliphatic heterocycles. The minimum absolute atomic E-state index is 0.566. The average molecular weight is 196 g/mol. The highest BCUT2D eigenvalue weighted by molar-refractivity contribution is 5.01. The molecule has 2 saturated carbocycles. The summed E-state index contributed by atoms with van der Waals surface area (Å²) < 4.78 is 0. The van der Waals surface area contributed by atoms with Crippen molar-refractivity contribution in [1.29, 1.82) is 0 Å². The van der Waals surface area contributed by atoms with Crippen molar-refractivity contribution >= 4 is 0 Å². The fourth-order valence-corrected chi connectivity index (χ4v) is 2.80. The van der Waals surface area contributed by atoms with Crippen LogP contribution >= 0.6 is 0 Å². The van der Waals surface area contributed by atoms with Gasteiger partial charge in [-0.25, -0.2) is 0 Å². The standard InChI is InChI=1S/C12H24N2/c1-12(2)6-11(12)14-8-10-5-3-4-9(10)7-13/h9-11,14H,3-8,13H2,1-2H3. The van der Waals surface area contributed by atoms with Gasteiger partial charge >= 0.3 is 0 Å². The van der Waals surface area contributed by atoms with Crippen LogP contribution in [0.1, 0.15) is 39.5 Å². The van der Waals surface area contributed by atoms with Crippen molar-refractivity contribution in [2.45, 2.75) is 45.6 Å². The van der Waals surface area contributed by atoms with E-state index in [2.05, 4.69) is 19.2 Å². The zero-order chi connectivity index (χ0) is 10.2. The molecule has 0 heterocycles. The normalized spacial score (nSPS) is 40.1. The van der Waals surface area contributed by atoms with Crippen LogP contribution < -0.4 is 11.1 Å². The summed E-state index contributed by atoms with van der Waals surface area (Å²) in [6.07, 6.45) is 5.49. The minimum atomic E-state index is 0.566. The van der Waals surface area contributed by atoms with Crippen molar-refractivity contribution in [3.8, 4) is 0 Å². The van der Waals surface area contributed by atoms with Crippen molar-refractivity contribution in [2.75, 3.05) is 13.1 Å². The molecule has 2 aliphatic rings. The van der Waals surface area contributed by atoms with E-state index in [0.717, 1.165) is 24.4 Å². The average Bonchev–Trinajstić information content (AvgIpc) is 2.62. The van der Waals surface area contributed by atoms with E-state index in [0.29, 0.717) is 5.41 Å². The largest absolute Gasteiger partial charge is 0.330 e. The first-order chi connectivity index (χ1) is 6.63. The number of hydrogen-bond donors (Lipinski definition) is 2. The van der Waals surface area contributed by atoms with Crippen molar-refractivity contribution in [1.82, 2.24) is 5.32 Å². The number of hydrogen-bond acceptors (Lipinski definition) is 2. The molecular formula is C12H24N2. The maximum atomic E-state index is 5.77. The first-order valence-electron chi connectivity index (χ1n) is 6.07. The first-order valence-corrected chi connectivity index (χ1v) is 6.07. The molecule has 0 radical (unpaired) electrons. The Morgan fingerprint density at radius 1 is 1.29 bits per heavy atom. The van der Waals surface area contributed by atoms with E-state index in [1.165, 1.54) is 32.2 Å². The van der Waals surface area contributed by atoms with Gasteiger partial charge in [0.05, 0.1) is 0 Å². The van der Waals surface area contributed by atoms with Gasteiger partial charge in [0.25, 0.3) is 0 Å². The summed E-state index contributed by atoms with van der Waals surface area (Å²) >= 11 is 0. The van der Waals surface area contributed by atoms with Gasteiger partial charge in [0.1, 0.15) is 0 Å². The summed E-state index contributed by atoms with van der Waals surface area (Å²) in [5.41, 5.74) is 6.34. The van der Waals surface area contributed by atoms with Gasteiger partial charge in [-0.05, 0) is 49.6 Å². The highest BCUT2D eigenvalue weighted by Gasteiger charge is 2.45. The molecule has 0 bridgehead atoms. The molecule has 3 atom stereocenters. The SMILES string of the molecule is CC1(C)CC1NCC1CCCC1CN. The van der Waals surface area contributed by atoms with Crippen LogP contribution in [0.15, 0.2) is 0 Å². The summed E-state index contributed by atoms with van der Waals surface area (Å²) in [7, 11) is 0. The molecule has 2 nitrogen and oxygen atoms in total. The molecule has 0 amide bonds. The van der Waals surface area contributed by atoms with Gasteiger partial charge in [-0.3, -0.25) is 0 Å². The van der Waals surface area contributed by atoms with Crippen LogP contribution in [0.25, 0.3) is 0 Å². The monoisotopic (exact) mass is 196 g/mol. The molecule has 2 aliphatic carbocycles. The zero-order valence-electron chi connectivity index (χ0n) is 9.55. The maximum absolute atomic E-state index is 5.77. The Kier molecular flexibility index (Phi) is 2.85. The second-order valence-corrected chi connectivity index (χ2v) is 5.84. The lowest BCUT2D eigenvalue weighted by molar-refractivity contribution is 0.364. The summed E-state index contributed by atoms with van der Waals surface area (Å²) in [6.45, 7) is 6.79. The summed E-state index contributed by atoms with van der Waals surface area (Å²) in [5, 5.41) is 3.70. The van der Waals surface area contributed by atoms with Gasteiger partial charge in [-0.15, -0.1) is 0 Å². The predicted molar refractivity (Wildman–Crippen MR) is 60.1 cm³/mol. The molecule has 3 N–H and O–H groups in total. The Balaban J connectivity index is 1.70. The second-order valence-electron chi connectivity index (χ2n) is 5.84. The first kappa shape index (κ1) is 10.4. The predicted octanol–water partition coefficient (Wildman–Crippen LogP) is 1.75. The number of nitrogens with two attached hydrogens (primary N) is 1. The lowest BCUT2D eigenvalue weighted by Crippen LogP contribution is -2.31. The summed E-state index contributed by atoms with van der Waals surface area (Å²) in [6, 6.07) is 0.779. The third-order valence-corrected chi connectivity index (χ3v) is 4.26. The fraction of sp³-hybridized carbons (Fsp3) is 1.00. The van der Waals surface area contributed by atoms with Crippen LogP contribution in [0.3, 0.4) is 0 Å². The van der Waals surface area contributed by atoms with Crippen molar-refractivity contribution in [3.05, 3.63) is 0 Å². The van der Waals surface area contributed by atoms with Crippen molar-refractivity contribution in [2.24, 2.45) is 23.0 Å². The maximum Gasteiger partial charge on any atom is 0.0125 e. The van der Waals surface area contributed by atoms with Gasteiger partial charge < -0.3 is 11.1 Å². The van der Waals surface area contributed by atoms with Crippen LogP contribution in [-0.2, 0) is 0 Å². The van der Waals surface area contributed by atoms with Gasteiger partial charge in [0, 0.05) is 6.04 Å². The van der Waals surface area contributed by atoms with E-state index in [9.17, 15) is 0 Å². The molecule has 14 heavy (non-hydrogen) atoms. The van der Waals surface area contributed by atoms with Gasteiger partial charge in [-0.1, -0.05) is 20.3 Å². The minimum Gasteiger partial charge on any atom is -0.330 e. The molecule has 0 spiro atoms. The fourth-order valence-electron chi connectivity index (χ4n) is 2.80. The van der Waals surface area contributed by atoms with Crippen molar-refractivity contribution < 1.29 is 0 Å². The summed E-state index contributed by atoms with van der Waals surface area (Å²) in [4.78, 5) is 0. The highest BCUT2D eigenvalue weighted by atomic mass is 15.0. The van der Waals surface area contributed by atoms with E-state index in [4.69, 9.17) is 5.73 Å². The molecule has 0 saturated heterocycles. The van der Waals surface area contributed by atoms with E-state index < -0.39 is 0 Å². The Labute approximate surface area is 87.6 Å². The number of rotatable bonds is 4. The smallest absolute Gasteiger partial charge is 0.0125 e. The van der Waals surface area contributed by atoms with Crippen LogP contribution in [-0.4, -0.2) is 19.1 Å². The van der Waals surface area contributed by atoms with Crippen LogP contribution in [0.5, 0.6) is 0 Å². The zero-order valence-corrected chi connectivity index (χ0v) is 9.55. The lowest BCUT2D eigenvalue weighted by Gasteiger charge is -2.18. The van der Waals surface area contributed by atoms with Gasteiger partial charge in [0.2, 0.25) is 0 Å². The molecule has 82 valence electrons. The molecule has 2 fully saturated rings. The van der Waals surface area contributed by atoms with E-state index in [-0.39, 0.29) is 0 Å². The molecule has 0 aromatic carbocycles. The Hall–Kier alpha value is -0.0800. The Bertz CT molecular complexity index is 200. The van der Waals surface area contributed by atoms with Crippen LogP contribution in [0.4, 0.5) is 0 Å². The van der Waals surface area contributed by atoms with Crippen LogP contribution in [0.2, 0.25) is 0 Å². The number of nitrogens with one attached hydrogen (secondary N) is 1. The van der Waals surface area contributed by atoms with Crippen molar-refractivity contribution in [3.63, 3.8) is 0 Å². The molecular weight excluding hydrogens is 172 g/mol. The molecule has 2 heteroatoms. The third kappa shape index (κ3) is 2.12. The quantitative estimate of drug-likeness (QED) is 0.719.